The number of hydrogen-bond acceptors (Lipinski definition) is 6. The van der Waals surface area contributed by atoms with Crippen molar-refractivity contribution in [3.8, 4) is 0 Å². The highest BCUT2D eigenvalue weighted by Crippen LogP contribution is 2.27. The predicted molar refractivity (Wildman–Crippen MR) is 94.1 cm³/mol. The Hall–Kier alpha value is -3.42. The third-order valence-electron chi connectivity index (χ3n) is 4.48. The molecule has 4 rings (SSSR count). The fraction of sp³-hybridized carbons (Fsp3) is 0.222. The molecule has 8 heteroatoms. The number of rotatable bonds is 3. The molecule has 0 spiro atoms. The van der Waals surface area contributed by atoms with Gasteiger partial charge in [-0.25, -0.2) is 14.8 Å². The van der Waals surface area contributed by atoms with Crippen LogP contribution in [0.15, 0.2) is 36.7 Å². The van der Waals surface area contributed by atoms with Gasteiger partial charge in [0.2, 0.25) is 0 Å². The molecule has 0 saturated carbocycles. The summed E-state index contributed by atoms with van der Waals surface area (Å²) >= 11 is 0. The molecule has 1 aromatic carbocycles. The molecule has 1 aliphatic heterocycles. The van der Waals surface area contributed by atoms with E-state index in [9.17, 15) is 9.59 Å². The maximum atomic E-state index is 12.5. The molecule has 3 aromatic rings. The Morgan fingerprint density at radius 3 is 2.88 bits per heavy atom. The zero-order valence-electron chi connectivity index (χ0n) is 13.9. The number of para-hydroxylation sites is 1. The number of aromatic amines is 1. The minimum atomic E-state index is -0.756. The minimum Gasteiger partial charge on any atom is -0.451 e. The molecule has 132 valence electrons. The number of aromatic nitrogens is 3. The summed E-state index contributed by atoms with van der Waals surface area (Å²) in [7, 11) is 0. The van der Waals surface area contributed by atoms with Gasteiger partial charge < -0.3 is 20.4 Å². The number of nitrogen functional groups attached to an aromatic ring is 1. The summed E-state index contributed by atoms with van der Waals surface area (Å²) < 4.78 is 5.06. The Balaban J connectivity index is 1.43. The van der Waals surface area contributed by atoms with E-state index in [1.54, 1.807) is 4.90 Å². The summed E-state index contributed by atoms with van der Waals surface area (Å²) in [6.45, 7) is 0.707. The third kappa shape index (κ3) is 2.85. The summed E-state index contributed by atoms with van der Waals surface area (Å²) in [5, 5.41) is 1.12. The summed E-state index contributed by atoms with van der Waals surface area (Å²) in [5.41, 5.74) is 8.84. The van der Waals surface area contributed by atoms with Crippen LogP contribution < -0.4 is 5.73 Å². The molecular formula is C18H17N5O3. The highest BCUT2D eigenvalue weighted by molar-refractivity contribution is 5.93. The van der Waals surface area contributed by atoms with E-state index in [0.29, 0.717) is 13.1 Å². The Labute approximate surface area is 149 Å². The number of benzene rings is 1. The summed E-state index contributed by atoms with van der Waals surface area (Å²) in [6, 6.07) is 8.01. The third-order valence-corrected chi connectivity index (χ3v) is 4.48. The maximum absolute atomic E-state index is 12.5. The first-order chi connectivity index (χ1) is 12.6. The highest BCUT2D eigenvalue weighted by atomic mass is 16.5. The molecule has 3 heterocycles. The van der Waals surface area contributed by atoms with Crippen molar-refractivity contribution in [3.05, 3.63) is 53.6 Å². The van der Waals surface area contributed by atoms with E-state index in [0.717, 1.165) is 28.6 Å². The fourth-order valence-corrected chi connectivity index (χ4v) is 3.17. The highest BCUT2D eigenvalue weighted by Gasteiger charge is 2.25. The lowest BCUT2D eigenvalue weighted by molar-refractivity contribution is -0.135. The summed E-state index contributed by atoms with van der Waals surface area (Å²) in [5.74, 6) is -1.03. The zero-order valence-corrected chi connectivity index (χ0v) is 13.9. The van der Waals surface area contributed by atoms with Crippen molar-refractivity contribution in [1.29, 1.82) is 0 Å². The van der Waals surface area contributed by atoms with Gasteiger partial charge in [0.1, 0.15) is 0 Å². The lowest BCUT2D eigenvalue weighted by atomic mass is 10.0. The van der Waals surface area contributed by atoms with Crippen molar-refractivity contribution < 1.29 is 14.3 Å². The lowest BCUT2D eigenvalue weighted by Crippen LogP contribution is -2.38. The van der Waals surface area contributed by atoms with Gasteiger partial charge in [0, 0.05) is 54.1 Å². The SMILES string of the molecule is Nc1nccnc1C(=O)OCC(=O)N1CCc2[nH]c3ccccc3c2C1. The Kier molecular flexibility index (Phi) is 4.00. The maximum Gasteiger partial charge on any atom is 0.361 e. The van der Waals surface area contributed by atoms with Crippen molar-refractivity contribution in [2.24, 2.45) is 0 Å². The van der Waals surface area contributed by atoms with E-state index >= 15 is 0 Å². The Morgan fingerprint density at radius 2 is 2.04 bits per heavy atom. The molecule has 3 N–H and O–H groups in total. The molecule has 0 aliphatic carbocycles. The normalized spacial score (nSPS) is 13.5. The molecule has 1 amide bonds. The van der Waals surface area contributed by atoms with Gasteiger partial charge in [-0.1, -0.05) is 18.2 Å². The van der Waals surface area contributed by atoms with E-state index < -0.39 is 5.97 Å². The largest absolute Gasteiger partial charge is 0.451 e. The van der Waals surface area contributed by atoms with Crippen LogP contribution in [0.1, 0.15) is 21.7 Å². The Morgan fingerprint density at radius 1 is 1.23 bits per heavy atom. The number of ether oxygens (including phenoxy) is 1. The van der Waals surface area contributed by atoms with Crippen LogP contribution in [0.5, 0.6) is 0 Å². The topological polar surface area (TPSA) is 114 Å². The van der Waals surface area contributed by atoms with Crippen LogP contribution in [-0.4, -0.2) is 44.9 Å². The van der Waals surface area contributed by atoms with Crippen LogP contribution in [0.25, 0.3) is 10.9 Å². The number of nitrogens with one attached hydrogen (secondary N) is 1. The molecule has 2 aromatic heterocycles. The molecule has 0 bridgehead atoms. The average molecular weight is 351 g/mol. The van der Waals surface area contributed by atoms with Gasteiger partial charge in [-0.3, -0.25) is 4.79 Å². The first-order valence-electron chi connectivity index (χ1n) is 8.23. The number of esters is 1. The zero-order chi connectivity index (χ0) is 18.1. The van der Waals surface area contributed by atoms with Crippen LogP contribution in [0.3, 0.4) is 0 Å². The van der Waals surface area contributed by atoms with Crippen molar-refractivity contribution >= 4 is 28.6 Å². The van der Waals surface area contributed by atoms with Crippen molar-refractivity contribution in [1.82, 2.24) is 19.9 Å². The van der Waals surface area contributed by atoms with E-state index in [-0.39, 0.29) is 24.0 Å². The average Bonchev–Trinajstić information content (AvgIpc) is 3.04. The number of carbonyl (C=O) groups excluding carboxylic acids is 2. The molecule has 0 unspecified atom stereocenters. The van der Waals surface area contributed by atoms with E-state index in [4.69, 9.17) is 10.5 Å². The number of carbonyl (C=O) groups is 2. The van der Waals surface area contributed by atoms with Crippen LogP contribution in [0, 0.1) is 0 Å². The van der Waals surface area contributed by atoms with Crippen LogP contribution >= 0.6 is 0 Å². The molecule has 0 fully saturated rings. The van der Waals surface area contributed by atoms with Gasteiger partial charge in [-0.05, 0) is 6.07 Å². The molecular weight excluding hydrogens is 334 g/mol. The van der Waals surface area contributed by atoms with Gasteiger partial charge in [0.25, 0.3) is 5.91 Å². The number of fused-ring (bicyclic) bond motifs is 3. The number of nitrogens with two attached hydrogens (primary N) is 1. The van der Waals surface area contributed by atoms with Gasteiger partial charge >= 0.3 is 5.97 Å². The summed E-state index contributed by atoms with van der Waals surface area (Å²) in [6.07, 6.45) is 3.46. The second kappa shape index (κ2) is 6.47. The molecule has 8 nitrogen and oxygen atoms in total. The van der Waals surface area contributed by atoms with Crippen LogP contribution in [-0.2, 0) is 22.5 Å². The number of H-pyrrole nitrogens is 1. The van der Waals surface area contributed by atoms with E-state index in [1.807, 2.05) is 24.3 Å². The quantitative estimate of drug-likeness (QED) is 0.687. The first-order valence-corrected chi connectivity index (χ1v) is 8.23. The number of hydrogen-bond donors (Lipinski definition) is 2. The van der Waals surface area contributed by atoms with Crippen molar-refractivity contribution in [3.63, 3.8) is 0 Å². The number of nitrogens with zero attached hydrogens (tertiary/aromatic N) is 3. The second-order valence-corrected chi connectivity index (χ2v) is 6.06. The van der Waals surface area contributed by atoms with E-state index in [1.165, 1.54) is 12.4 Å². The number of amides is 1. The molecule has 0 atom stereocenters. The van der Waals surface area contributed by atoms with Crippen molar-refractivity contribution in [2.75, 3.05) is 18.9 Å². The van der Waals surface area contributed by atoms with Gasteiger partial charge in [0.15, 0.2) is 18.1 Å². The van der Waals surface area contributed by atoms with Gasteiger partial charge in [-0.2, -0.15) is 0 Å². The molecule has 1 aliphatic rings. The molecule has 0 radical (unpaired) electrons. The smallest absolute Gasteiger partial charge is 0.361 e. The fourth-order valence-electron chi connectivity index (χ4n) is 3.17. The van der Waals surface area contributed by atoms with E-state index in [2.05, 4.69) is 15.0 Å². The first kappa shape index (κ1) is 16.1. The van der Waals surface area contributed by atoms with Gasteiger partial charge in [0.05, 0.1) is 0 Å². The lowest BCUT2D eigenvalue weighted by Gasteiger charge is -2.27. The Bertz CT molecular complexity index is 997. The van der Waals surface area contributed by atoms with Crippen LogP contribution in [0.4, 0.5) is 5.82 Å². The van der Waals surface area contributed by atoms with Crippen molar-refractivity contribution in [2.45, 2.75) is 13.0 Å². The monoisotopic (exact) mass is 351 g/mol. The standard InChI is InChI=1S/C18H17N5O3/c19-17-16(20-6-7-21-17)18(25)26-10-15(24)23-8-5-14-12(9-23)11-3-1-2-4-13(11)22-14/h1-4,6-7,22H,5,8-10H2,(H2,19,21). The summed E-state index contributed by atoms with van der Waals surface area (Å²) in [4.78, 5) is 37.2. The van der Waals surface area contributed by atoms with Crippen LogP contribution in [0.2, 0.25) is 0 Å². The number of anilines is 1. The second-order valence-electron chi connectivity index (χ2n) is 6.06. The van der Waals surface area contributed by atoms with Gasteiger partial charge in [-0.15, -0.1) is 0 Å². The molecule has 26 heavy (non-hydrogen) atoms. The minimum absolute atomic E-state index is 0.0219. The predicted octanol–water partition coefficient (Wildman–Crippen LogP) is 1.28. The molecule has 0 saturated heterocycles.